The molecule has 6 nitrogen and oxygen atoms in total. The molecule has 3 unspecified atom stereocenters. The Balaban J connectivity index is 2.01. The summed E-state index contributed by atoms with van der Waals surface area (Å²) in [7, 11) is -3.76. The maximum absolute atomic E-state index is 12.6. The highest BCUT2D eigenvalue weighted by Gasteiger charge is 2.58. The Labute approximate surface area is 115 Å². The van der Waals surface area contributed by atoms with Gasteiger partial charge in [-0.2, -0.15) is 0 Å². The minimum Gasteiger partial charge on any atom is -0.480 e. The Morgan fingerprint density at radius 3 is 2.45 bits per heavy atom. The lowest BCUT2D eigenvalue weighted by molar-refractivity contribution is -0.156. The quantitative estimate of drug-likeness (QED) is 0.809. The van der Waals surface area contributed by atoms with Crippen LogP contribution in [0.15, 0.2) is 35.2 Å². The molecule has 1 aromatic carbocycles. The molecule has 3 atom stereocenters. The minimum absolute atomic E-state index is 0.103. The standard InChI is InChI=1S/C13H13NO5S/c15-11-7-8-6-10(12(13(16)17)14(8)11)20(18,19)9-4-2-1-3-5-9/h1-5,8,10,12H,6-7H2,(H,16,17). The molecule has 20 heavy (non-hydrogen) atoms. The summed E-state index contributed by atoms with van der Waals surface area (Å²) in [6, 6.07) is 6.25. The maximum Gasteiger partial charge on any atom is 0.327 e. The zero-order valence-corrected chi connectivity index (χ0v) is 11.3. The molecule has 0 spiro atoms. The van der Waals surface area contributed by atoms with Crippen molar-refractivity contribution in [3.63, 3.8) is 0 Å². The number of hydrogen-bond acceptors (Lipinski definition) is 4. The largest absolute Gasteiger partial charge is 0.480 e. The molecule has 2 saturated heterocycles. The molecule has 3 rings (SSSR count). The van der Waals surface area contributed by atoms with Crippen molar-refractivity contribution in [1.82, 2.24) is 4.90 Å². The van der Waals surface area contributed by atoms with Gasteiger partial charge in [0.1, 0.15) is 6.04 Å². The van der Waals surface area contributed by atoms with Gasteiger partial charge in [0.25, 0.3) is 0 Å². The van der Waals surface area contributed by atoms with E-state index in [1.54, 1.807) is 18.2 Å². The third-order valence-corrected chi connectivity index (χ3v) is 6.15. The van der Waals surface area contributed by atoms with Crippen molar-refractivity contribution in [2.24, 2.45) is 0 Å². The van der Waals surface area contributed by atoms with Crippen molar-refractivity contribution in [3.8, 4) is 0 Å². The lowest BCUT2D eigenvalue weighted by atomic mass is 10.0. The number of carbonyl (C=O) groups is 2. The first-order chi connectivity index (χ1) is 9.43. The summed E-state index contributed by atoms with van der Waals surface area (Å²) in [5.74, 6) is -1.54. The summed E-state index contributed by atoms with van der Waals surface area (Å²) < 4.78 is 25.1. The molecule has 106 valence electrons. The molecule has 0 aromatic heterocycles. The Kier molecular flexibility index (Phi) is 2.82. The Bertz CT molecular complexity index is 669. The van der Waals surface area contributed by atoms with Crippen molar-refractivity contribution >= 4 is 21.7 Å². The SMILES string of the molecule is O=C(O)C1C(S(=O)(=O)c2ccccc2)CC2CC(=O)N21. The first kappa shape index (κ1) is 13.1. The van der Waals surface area contributed by atoms with Gasteiger partial charge in [-0.15, -0.1) is 0 Å². The number of carboxylic acid groups (broad SMARTS) is 1. The van der Waals surface area contributed by atoms with Gasteiger partial charge in [-0.05, 0) is 18.6 Å². The van der Waals surface area contributed by atoms with Crippen molar-refractivity contribution < 1.29 is 23.1 Å². The van der Waals surface area contributed by atoms with Gasteiger partial charge >= 0.3 is 5.97 Å². The lowest BCUT2D eigenvalue weighted by Crippen LogP contribution is -2.56. The van der Waals surface area contributed by atoms with Crippen LogP contribution in [0.3, 0.4) is 0 Å². The van der Waals surface area contributed by atoms with E-state index < -0.39 is 27.1 Å². The van der Waals surface area contributed by atoms with E-state index in [1.807, 2.05) is 0 Å². The van der Waals surface area contributed by atoms with E-state index in [2.05, 4.69) is 0 Å². The van der Waals surface area contributed by atoms with Crippen LogP contribution in [0.5, 0.6) is 0 Å². The van der Waals surface area contributed by atoms with Gasteiger partial charge < -0.3 is 10.0 Å². The molecule has 2 aliphatic rings. The smallest absolute Gasteiger partial charge is 0.327 e. The zero-order chi connectivity index (χ0) is 14.5. The predicted octanol–water partition coefficient (Wildman–Crippen LogP) is 0.287. The molecule has 2 fully saturated rings. The van der Waals surface area contributed by atoms with E-state index in [-0.39, 0.29) is 29.7 Å². The average molecular weight is 295 g/mol. The van der Waals surface area contributed by atoms with Crippen LogP contribution < -0.4 is 0 Å². The summed E-state index contributed by atoms with van der Waals surface area (Å²) in [5, 5.41) is 8.20. The van der Waals surface area contributed by atoms with E-state index in [1.165, 1.54) is 17.0 Å². The highest BCUT2D eigenvalue weighted by molar-refractivity contribution is 7.92. The third kappa shape index (κ3) is 1.73. The molecular formula is C13H13NO5S. The van der Waals surface area contributed by atoms with E-state index in [4.69, 9.17) is 0 Å². The number of benzene rings is 1. The molecule has 1 aromatic rings. The van der Waals surface area contributed by atoms with Crippen molar-refractivity contribution in [2.45, 2.75) is 35.1 Å². The number of β-lactam (4-membered cyclic amide) rings is 1. The number of sulfone groups is 1. The van der Waals surface area contributed by atoms with Crippen molar-refractivity contribution in [2.75, 3.05) is 0 Å². The Morgan fingerprint density at radius 1 is 1.25 bits per heavy atom. The van der Waals surface area contributed by atoms with Gasteiger partial charge in [0, 0.05) is 12.5 Å². The van der Waals surface area contributed by atoms with Crippen LogP contribution in [0.2, 0.25) is 0 Å². The number of carbonyl (C=O) groups excluding carboxylic acids is 1. The molecule has 7 heteroatoms. The molecule has 2 aliphatic heterocycles. The third-order valence-electron chi connectivity index (χ3n) is 3.97. The van der Waals surface area contributed by atoms with Crippen LogP contribution in [0.1, 0.15) is 12.8 Å². The monoisotopic (exact) mass is 295 g/mol. The van der Waals surface area contributed by atoms with Crippen LogP contribution in [-0.2, 0) is 19.4 Å². The second-order valence-electron chi connectivity index (χ2n) is 5.07. The molecular weight excluding hydrogens is 282 g/mol. The van der Waals surface area contributed by atoms with Gasteiger partial charge in [0.2, 0.25) is 5.91 Å². The van der Waals surface area contributed by atoms with Crippen LogP contribution >= 0.6 is 0 Å². The van der Waals surface area contributed by atoms with Crippen molar-refractivity contribution in [3.05, 3.63) is 30.3 Å². The van der Waals surface area contributed by atoms with Gasteiger partial charge in [-0.1, -0.05) is 18.2 Å². The highest BCUT2D eigenvalue weighted by Crippen LogP contribution is 2.40. The summed E-state index contributed by atoms with van der Waals surface area (Å²) in [5.41, 5.74) is 0. The number of hydrogen-bond donors (Lipinski definition) is 1. The first-order valence-corrected chi connectivity index (χ1v) is 7.80. The first-order valence-electron chi connectivity index (χ1n) is 6.26. The maximum atomic E-state index is 12.6. The van der Waals surface area contributed by atoms with E-state index in [0.717, 1.165) is 0 Å². The summed E-state index contributed by atoms with van der Waals surface area (Å²) in [4.78, 5) is 24.2. The number of carboxylic acids is 1. The van der Waals surface area contributed by atoms with Gasteiger partial charge in [0.05, 0.1) is 10.1 Å². The number of aliphatic carboxylic acids is 1. The van der Waals surface area contributed by atoms with E-state index in [9.17, 15) is 23.1 Å². The molecule has 0 saturated carbocycles. The molecule has 0 bridgehead atoms. The predicted molar refractivity (Wildman–Crippen MR) is 68.7 cm³/mol. The van der Waals surface area contributed by atoms with Crippen molar-refractivity contribution in [1.29, 1.82) is 0 Å². The van der Waals surface area contributed by atoms with Crippen LogP contribution in [0, 0.1) is 0 Å². The average Bonchev–Trinajstić information content (AvgIpc) is 2.73. The van der Waals surface area contributed by atoms with Gasteiger partial charge in [-0.25, -0.2) is 13.2 Å². The minimum atomic E-state index is -3.76. The van der Waals surface area contributed by atoms with E-state index in [0.29, 0.717) is 0 Å². The number of nitrogens with zero attached hydrogens (tertiary/aromatic N) is 1. The molecule has 0 aliphatic carbocycles. The van der Waals surface area contributed by atoms with Crippen LogP contribution in [0.4, 0.5) is 0 Å². The molecule has 2 heterocycles. The fourth-order valence-electron chi connectivity index (χ4n) is 3.01. The molecule has 0 radical (unpaired) electrons. The van der Waals surface area contributed by atoms with Crippen LogP contribution in [-0.4, -0.2) is 47.6 Å². The number of rotatable bonds is 3. The highest BCUT2D eigenvalue weighted by atomic mass is 32.2. The normalized spacial score (nSPS) is 28.9. The Hall–Kier alpha value is -1.89. The number of amides is 1. The summed E-state index contributed by atoms with van der Waals surface area (Å²) in [6.45, 7) is 0. The topological polar surface area (TPSA) is 91.7 Å². The zero-order valence-electron chi connectivity index (χ0n) is 10.5. The molecule has 1 amide bonds. The summed E-state index contributed by atoms with van der Waals surface area (Å²) in [6.07, 6.45) is 0.435. The van der Waals surface area contributed by atoms with Gasteiger partial charge in [0.15, 0.2) is 9.84 Å². The fourth-order valence-corrected chi connectivity index (χ4v) is 4.96. The Morgan fingerprint density at radius 2 is 1.90 bits per heavy atom. The fraction of sp³-hybridized carbons (Fsp3) is 0.385. The second-order valence-corrected chi connectivity index (χ2v) is 7.24. The number of fused-ring (bicyclic) bond motifs is 1. The lowest BCUT2D eigenvalue weighted by Gasteiger charge is -2.37. The van der Waals surface area contributed by atoms with E-state index >= 15 is 0 Å². The molecule has 1 N–H and O–H groups in total. The van der Waals surface area contributed by atoms with Crippen LogP contribution in [0.25, 0.3) is 0 Å². The summed E-state index contributed by atoms with van der Waals surface area (Å²) >= 11 is 0. The van der Waals surface area contributed by atoms with Gasteiger partial charge in [-0.3, -0.25) is 4.79 Å². The second kappa shape index (κ2) is 4.31.